The standard InChI is InChI=1S/C15H25NO/c1-5-9-16-11-13-7-6-8-14(10-13)12-17-15(2,3)4/h6-8,10,16H,5,9,11-12H2,1-4H3. The molecule has 1 rings (SSSR count). The van der Waals surface area contributed by atoms with Crippen molar-refractivity contribution in [3.8, 4) is 0 Å². The van der Waals surface area contributed by atoms with E-state index in [-0.39, 0.29) is 5.60 Å². The van der Waals surface area contributed by atoms with E-state index in [1.54, 1.807) is 0 Å². The summed E-state index contributed by atoms with van der Waals surface area (Å²) >= 11 is 0. The van der Waals surface area contributed by atoms with E-state index in [1.807, 2.05) is 0 Å². The summed E-state index contributed by atoms with van der Waals surface area (Å²) in [5, 5.41) is 3.41. The number of ether oxygens (including phenoxy) is 1. The van der Waals surface area contributed by atoms with Gasteiger partial charge in [-0.1, -0.05) is 31.2 Å². The molecule has 17 heavy (non-hydrogen) atoms. The van der Waals surface area contributed by atoms with Crippen molar-refractivity contribution >= 4 is 0 Å². The maximum Gasteiger partial charge on any atom is 0.0724 e. The van der Waals surface area contributed by atoms with Gasteiger partial charge in [0.15, 0.2) is 0 Å². The molecule has 1 aromatic rings. The fourth-order valence-electron chi connectivity index (χ4n) is 1.54. The number of rotatable bonds is 6. The van der Waals surface area contributed by atoms with Gasteiger partial charge in [0, 0.05) is 6.54 Å². The maximum absolute atomic E-state index is 5.78. The molecule has 1 N–H and O–H groups in total. The van der Waals surface area contributed by atoms with Crippen LogP contribution in [0, 0.1) is 0 Å². The maximum atomic E-state index is 5.78. The van der Waals surface area contributed by atoms with Crippen molar-refractivity contribution in [3.05, 3.63) is 35.4 Å². The zero-order valence-corrected chi connectivity index (χ0v) is 11.5. The second kappa shape index (κ2) is 6.77. The van der Waals surface area contributed by atoms with Crippen molar-refractivity contribution < 1.29 is 4.74 Å². The largest absolute Gasteiger partial charge is 0.371 e. The van der Waals surface area contributed by atoms with E-state index in [0.717, 1.165) is 13.1 Å². The van der Waals surface area contributed by atoms with Crippen LogP contribution in [0.15, 0.2) is 24.3 Å². The molecule has 0 unspecified atom stereocenters. The minimum Gasteiger partial charge on any atom is -0.371 e. The van der Waals surface area contributed by atoms with Crippen molar-refractivity contribution in [3.63, 3.8) is 0 Å². The van der Waals surface area contributed by atoms with Crippen molar-refractivity contribution in [1.29, 1.82) is 0 Å². The summed E-state index contributed by atoms with van der Waals surface area (Å²) in [6.07, 6.45) is 1.17. The summed E-state index contributed by atoms with van der Waals surface area (Å²) < 4.78 is 5.78. The van der Waals surface area contributed by atoms with Crippen LogP contribution in [-0.2, 0) is 17.9 Å². The molecular formula is C15H25NO. The first kappa shape index (κ1) is 14.2. The van der Waals surface area contributed by atoms with Gasteiger partial charge < -0.3 is 10.1 Å². The molecule has 0 aliphatic rings. The van der Waals surface area contributed by atoms with Gasteiger partial charge >= 0.3 is 0 Å². The van der Waals surface area contributed by atoms with Crippen molar-refractivity contribution in [2.75, 3.05) is 6.54 Å². The first-order chi connectivity index (χ1) is 8.01. The summed E-state index contributed by atoms with van der Waals surface area (Å²) in [4.78, 5) is 0. The topological polar surface area (TPSA) is 21.3 Å². The molecule has 0 radical (unpaired) electrons. The van der Waals surface area contributed by atoms with Gasteiger partial charge in [0.25, 0.3) is 0 Å². The lowest BCUT2D eigenvalue weighted by Crippen LogP contribution is -2.19. The summed E-state index contributed by atoms with van der Waals surface area (Å²) in [6, 6.07) is 8.59. The second-order valence-electron chi connectivity index (χ2n) is 5.40. The molecule has 0 amide bonds. The van der Waals surface area contributed by atoms with Crippen LogP contribution in [0.1, 0.15) is 45.2 Å². The lowest BCUT2D eigenvalue weighted by Gasteiger charge is -2.19. The quantitative estimate of drug-likeness (QED) is 0.762. The van der Waals surface area contributed by atoms with E-state index in [0.29, 0.717) is 6.61 Å². The first-order valence-corrected chi connectivity index (χ1v) is 6.44. The molecule has 2 nitrogen and oxygen atoms in total. The van der Waals surface area contributed by atoms with Gasteiger partial charge in [0.1, 0.15) is 0 Å². The van der Waals surface area contributed by atoms with Crippen LogP contribution in [0.2, 0.25) is 0 Å². The number of benzene rings is 1. The molecular weight excluding hydrogens is 210 g/mol. The number of nitrogens with one attached hydrogen (secondary N) is 1. The molecule has 2 heteroatoms. The molecule has 0 aliphatic carbocycles. The molecule has 0 atom stereocenters. The van der Waals surface area contributed by atoms with Gasteiger partial charge in [0.05, 0.1) is 12.2 Å². The van der Waals surface area contributed by atoms with E-state index >= 15 is 0 Å². The van der Waals surface area contributed by atoms with E-state index < -0.39 is 0 Å². The van der Waals surface area contributed by atoms with Crippen LogP contribution in [0.3, 0.4) is 0 Å². The Kier molecular flexibility index (Phi) is 5.66. The average Bonchev–Trinajstić information content (AvgIpc) is 2.27. The lowest BCUT2D eigenvalue weighted by atomic mass is 10.1. The summed E-state index contributed by atoms with van der Waals surface area (Å²) in [5.41, 5.74) is 2.50. The molecule has 0 aliphatic heterocycles. The normalized spacial score (nSPS) is 11.8. The molecule has 0 saturated carbocycles. The SMILES string of the molecule is CCCNCc1cccc(COC(C)(C)C)c1. The van der Waals surface area contributed by atoms with Gasteiger partial charge in [-0.3, -0.25) is 0 Å². The molecule has 0 fully saturated rings. The molecule has 96 valence electrons. The zero-order chi connectivity index (χ0) is 12.7. The molecule has 0 aromatic heterocycles. The molecule has 1 aromatic carbocycles. The van der Waals surface area contributed by atoms with Gasteiger partial charge in [-0.25, -0.2) is 0 Å². The minimum absolute atomic E-state index is 0.0730. The Morgan fingerprint density at radius 3 is 2.53 bits per heavy atom. The van der Waals surface area contributed by atoms with Gasteiger partial charge in [-0.2, -0.15) is 0 Å². The van der Waals surface area contributed by atoms with Gasteiger partial charge in [-0.15, -0.1) is 0 Å². The molecule has 0 heterocycles. The van der Waals surface area contributed by atoms with Crippen LogP contribution in [-0.4, -0.2) is 12.1 Å². The zero-order valence-electron chi connectivity index (χ0n) is 11.5. The summed E-state index contributed by atoms with van der Waals surface area (Å²) in [6.45, 7) is 11.1. The Bertz CT molecular complexity index is 328. The Labute approximate surface area is 105 Å². The van der Waals surface area contributed by atoms with Crippen LogP contribution in [0.5, 0.6) is 0 Å². The highest BCUT2D eigenvalue weighted by molar-refractivity contribution is 5.22. The van der Waals surface area contributed by atoms with Crippen LogP contribution in [0.4, 0.5) is 0 Å². The Morgan fingerprint density at radius 1 is 1.18 bits per heavy atom. The highest BCUT2D eigenvalue weighted by Gasteiger charge is 2.09. The third-order valence-electron chi connectivity index (χ3n) is 2.42. The molecule has 0 spiro atoms. The fraction of sp³-hybridized carbons (Fsp3) is 0.600. The second-order valence-corrected chi connectivity index (χ2v) is 5.40. The predicted octanol–water partition coefficient (Wildman–Crippen LogP) is 3.50. The predicted molar refractivity (Wildman–Crippen MR) is 73.0 cm³/mol. The van der Waals surface area contributed by atoms with Crippen molar-refractivity contribution in [2.24, 2.45) is 0 Å². The van der Waals surface area contributed by atoms with E-state index in [9.17, 15) is 0 Å². The van der Waals surface area contributed by atoms with Crippen LogP contribution < -0.4 is 5.32 Å². The Morgan fingerprint density at radius 2 is 1.88 bits per heavy atom. The average molecular weight is 235 g/mol. The third kappa shape index (κ3) is 6.44. The van der Waals surface area contributed by atoms with Crippen molar-refractivity contribution in [2.45, 2.75) is 52.9 Å². The first-order valence-electron chi connectivity index (χ1n) is 6.44. The monoisotopic (exact) mass is 235 g/mol. The lowest BCUT2D eigenvalue weighted by molar-refractivity contribution is -0.0149. The Balaban J connectivity index is 2.48. The smallest absolute Gasteiger partial charge is 0.0724 e. The number of hydrogen-bond acceptors (Lipinski definition) is 2. The van der Waals surface area contributed by atoms with Crippen LogP contribution in [0.25, 0.3) is 0 Å². The summed E-state index contributed by atoms with van der Waals surface area (Å²) in [7, 11) is 0. The van der Waals surface area contributed by atoms with Crippen LogP contribution >= 0.6 is 0 Å². The molecule has 0 bridgehead atoms. The highest BCUT2D eigenvalue weighted by atomic mass is 16.5. The Hall–Kier alpha value is -0.860. The van der Waals surface area contributed by atoms with E-state index in [4.69, 9.17) is 4.74 Å². The third-order valence-corrected chi connectivity index (χ3v) is 2.42. The summed E-state index contributed by atoms with van der Waals surface area (Å²) in [5.74, 6) is 0. The number of hydrogen-bond donors (Lipinski definition) is 1. The van der Waals surface area contributed by atoms with E-state index in [2.05, 4.69) is 57.3 Å². The van der Waals surface area contributed by atoms with Gasteiger partial charge in [-0.05, 0) is 44.9 Å². The van der Waals surface area contributed by atoms with Crippen molar-refractivity contribution in [1.82, 2.24) is 5.32 Å². The van der Waals surface area contributed by atoms with Gasteiger partial charge in [0.2, 0.25) is 0 Å². The fourth-order valence-corrected chi connectivity index (χ4v) is 1.54. The van der Waals surface area contributed by atoms with E-state index in [1.165, 1.54) is 17.5 Å². The minimum atomic E-state index is -0.0730. The molecule has 0 saturated heterocycles. The highest BCUT2D eigenvalue weighted by Crippen LogP contribution is 2.13.